The summed E-state index contributed by atoms with van der Waals surface area (Å²) in [5.41, 5.74) is 0. The van der Waals surface area contributed by atoms with Gasteiger partial charge in [-0.25, -0.2) is 0 Å². The summed E-state index contributed by atoms with van der Waals surface area (Å²) in [6.45, 7) is 5.77. The van der Waals surface area contributed by atoms with Crippen molar-refractivity contribution in [2.24, 2.45) is 5.92 Å². The van der Waals surface area contributed by atoms with Gasteiger partial charge >= 0.3 is 0 Å². The Morgan fingerprint density at radius 2 is 1.39 bits per heavy atom. The van der Waals surface area contributed by atoms with Crippen LogP contribution in [0.15, 0.2) is 48.6 Å². The van der Waals surface area contributed by atoms with Crippen LogP contribution in [0.25, 0.3) is 0 Å². The highest BCUT2D eigenvalue weighted by Crippen LogP contribution is 2.38. The van der Waals surface area contributed by atoms with Gasteiger partial charge in [-0.3, -0.25) is 4.79 Å². The molecule has 0 heterocycles. The lowest BCUT2D eigenvalue weighted by Gasteiger charge is -2.25. The van der Waals surface area contributed by atoms with E-state index in [2.05, 4.69) is 89.7 Å². The molecule has 0 radical (unpaired) electrons. The fraction of sp³-hybridized carbons (Fsp3) is 0.706. The molecule has 0 saturated heterocycles. The summed E-state index contributed by atoms with van der Waals surface area (Å²) in [6.07, 6.45) is 35.8. The number of nitriles is 1. The summed E-state index contributed by atoms with van der Waals surface area (Å²) in [6, 6.07) is 2.33. The molecule has 0 saturated carbocycles. The fourth-order valence-electron chi connectivity index (χ4n) is 4.37. The van der Waals surface area contributed by atoms with Crippen LogP contribution in [-0.4, -0.2) is 56.4 Å². The van der Waals surface area contributed by atoms with Crippen molar-refractivity contribution >= 4 is 13.7 Å². The molecule has 0 rings (SSSR count). The average molecular weight is 544 g/mol. The van der Waals surface area contributed by atoms with Crippen molar-refractivity contribution in [2.45, 2.75) is 104 Å². The lowest BCUT2D eigenvalue weighted by atomic mass is 9.94. The molecule has 38 heavy (non-hydrogen) atoms. The molecule has 0 aromatic carbocycles. The number of hydrogen-bond donors (Lipinski definition) is 0. The Hall–Kier alpha value is -1.49. The van der Waals surface area contributed by atoms with Gasteiger partial charge in [0.25, 0.3) is 0 Å². The summed E-state index contributed by atoms with van der Waals surface area (Å²) in [5, 5.41) is 9.26. The Bertz CT molecular complexity index is 724. The molecular formula is C34H60N2OP+. The smallest absolute Gasteiger partial charge is 0.133 e. The van der Waals surface area contributed by atoms with E-state index < -0.39 is 0 Å². The number of carbonyl (C=O) groups is 1. The van der Waals surface area contributed by atoms with Crippen LogP contribution in [0.3, 0.4) is 0 Å². The van der Waals surface area contributed by atoms with Gasteiger partial charge in [-0.05, 0) is 75.8 Å². The minimum absolute atomic E-state index is 0.0380. The van der Waals surface area contributed by atoms with E-state index in [-0.39, 0.29) is 13.8 Å². The first-order chi connectivity index (χ1) is 18.3. The molecule has 0 aliphatic heterocycles. The Morgan fingerprint density at radius 1 is 0.816 bits per heavy atom. The van der Waals surface area contributed by atoms with Crippen molar-refractivity contribution < 1.29 is 9.28 Å². The van der Waals surface area contributed by atoms with Crippen molar-refractivity contribution in [1.29, 1.82) is 5.26 Å². The molecule has 0 aromatic rings. The maximum Gasteiger partial charge on any atom is 0.133 e. The average Bonchev–Trinajstić information content (AvgIpc) is 2.87. The van der Waals surface area contributed by atoms with Crippen LogP contribution >= 0.6 is 7.92 Å². The van der Waals surface area contributed by atoms with E-state index in [9.17, 15) is 10.1 Å². The van der Waals surface area contributed by atoms with Gasteiger partial charge in [0.15, 0.2) is 0 Å². The third-order valence-corrected chi connectivity index (χ3v) is 9.52. The summed E-state index contributed by atoms with van der Waals surface area (Å²) in [4.78, 5) is 12.5. The zero-order chi connectivity index (χ0) is 28.3. The van der Waals surface area contributed by atoms with Gasteiger partial charge in [0.2, 0.25) is 0 Å². The van der Waals surface area contributed by atoms with Gasteiger partial charge in [0.05, 0.1) is 33.8 Å². The van der Waals surface area contributed by atoms with Crippen LogP contribution in [0.2, 0.25) is 0 Å². The number of quaternary nitrogens is 1. The molecule has 0 aromatic heterocycles. The number of rotatable bonds is 25. The highest BCUT2D eigenvalue weighted by molar-refractivity contribution is 7.57. The van der Waals surface area contributed by atoms with Crippen molar-refractivity contribution in [3.05, 3.63) is 48.6 Å². The van der Waals surface area contributed by atoms with Crippen molar-refractivity contribution in [2.75, 3.05) is 46.2 Å². The van der Waals surface area contributed by atoms with Gasteiger partial charge in [-0.2, -0.15) is 5.26 Å². The first-order valence-corrected chi connectivity index (χ1v) is 17.2. The predicted molar refractivity (Wildman–Crippen MR) is 171 cm³/mol. The molecule has 0 fully saturated rings. The second-order valence-electron chi connectivity index (χ2n) is 11.5. The topological polar surface area (TPSA) is 40.9 Å². The van der Waals surface area contributed by atoms with Gasteiger partial charge < -0.3 is 4.48 Å². The monoisotopic (exact) mass is 543 g/mol. The Labute approximate surface area is 238 Å². The second kappa shape index (κ2) is 25.8. The third kappa shape index (κ3) is 26.1. The molecule has 4 heteroatoms. The lowest BCUT2D eigenvalue weighted by Crippen LogP contribution is -2.35. The number of Topliss-reactive ketones (excluding diaryl/α,β-unsaturated/α-hetero) is 1. The zero-order valence-electron chi connectivity index (χ0n) is 25.7. The minimum Gasteiger partial charge on any atom is -0.331 e. The molecule has 216 valence electrons. The van der Waals surface area contributed by atoms with E-state index in [1.807, 2.05) is 0 Å². The summed E-state index contributed by atoms with van der Waals surface area (Å²) in [5.74, 6) is 0.589. The molecule has 2 atom stereocenters. The van der Waals surface area contributed by atoms with Crippen LogP contribution in [0.4, 0.5) is 0 Å². The fourth-order valence-corrected chi connectivity index (χ4v) is 6.54. The third-order valence-electron chi connectivity index (χ3n) is 6.78. The molecule has 0 spiro atoms. The van der Waals surface area contributed by atoms with E-state index >= 15 is 0 Å². The molecule has 3 nitrogen and oxygen atoms in total. The molecule has 0 amide bonds. The Balaban J connectivity index is 4.00. The molecule has 0 aliphatic rings. The Kier molecular flexibility index (Phi) is 24.8. The van der Waals surface area contributed by atoms with E-state index in [0.29, 0.717) is 25.0 Å². The van der Waals surface area contributed by atoms with Crippen LogP contribution in [0.5, 0.6) is 0 Å². The molecular weight excluding hydrogens is 483 g/mol. The maximum absolute atomic E-state index is 12.5. The molecule has 0 aliphatic carbocycles. The van der Waals surface area contributed by atoms with Gasteiger partial charge in [0, 0.05) is 25.7 Å². The van der Waals surface area contributed by atoms with Crippen molar-refractivity contribution in [1.82, 2.24) is 0 Å². The van der Waals surface area contributed by atoms with Crippen LogP contribution in [0.1, 0.15) is 104 Å². The van der Waals surface area contributed by atoms with Crippen LogP contribution in [-0.2, 0) is 4.79 Å². The number of nitrogens with zero attached hydrogens (tertiary/aromatic N) is 2. The van der Waals surface area contributed by atoms with E-state index in [4.69, 9.17) is 0 Å². The summed E-state index contributed by atoms with van der Waals surface area (Å²) >= 11 is 0. The van der Waals surface area contributed by atoms with E-state index in [0.717, 1.165) is 43.0 Å². The van der Waals surface area contributed by atoms with E-state index in [1.54, 1.807) is 0 Å². The predicted octanol–water partition coefficient (Wildman–Crippen LogP) is 9.61. The minimum atomic E-state index is 0.0380. The summed E-state index contributed by atoms with van der Waals surface area (Å²) in [7, 11) is 6.81. The van der Waals surface area contributed by atoms with Crippen molar-refractivity contribution in [3.63, 3.8) is 0 Å². The number of ketones is 1. The SMILES string of the molecule is CCCCC/C=C\C/C=C\C/C=C\C/C=C\CCCC(=O)CC(CC#N)CCP(CC)CCC[N+](C)(C)C. The first kappa shape index (κ1) is 36.5. The zero-order valence-corrected chi connectivity index (χ0v) is 26.6. The highest BCUT2D eigenvalue weighted by atomic mass is 31.1. The maximum atomic E-state index is 12.5. The molecule has 0 N–H and O–H groups in total. The number of allylic oxidation sites excluding steroid dienone is 8. The number of hydrogen-bond acceptors (Lipinski definition) is 2. The van der Waals surface area contributed by atoms with Crippen LogP contribution < -0.4 is 0 Å². The number of carbonyl (C=O) groups excluding carboxylic acids is 1. The first-order valence-electron chi connectivity index (χ1n) is 15.3. The molecule has 0 bridgehead atoms. The summed E-state index contributed by atoms with van der Waals surface area (Å²) < 4.78 is 1.03. The normalized spacial score (nSPS) is 14.2. The van der Waals surface area contributed by atoms with Gasteiger partial charge in [0.1, 0.15) is 5.78 Å². The van der Waals surface area contributed by atoms with Crippen molar-refractivity contribution in [3.8, 4) is 6.07 Å². The van der Waals surface area contributed by atoms with Crippen LogP contribution in [0, 0.1) is 17.2 Å². The molecule has 2 unspecified atom stereocenters. The Morgan fingerprint density at radius 3 is 1.92 bits per heavy atom. The van der Waals surface area contributed by atoms with E-state index in [1.165, 1.54) is 57.1 Å². The number of unbranched alkanes of at least 4 members (excludes halogenated alkanes) is 4. The lowest BCUT2D eigenvalue weighted by molar-refractivity contribution is -0.870. The second-order valence-corrected chi connectivity index (χ2v) is 14.4. The quantitative estimate of drug-likeness (QED) is 0.0498. The standard InChI is InChI=1S/C34H60N2OP/c1-6-8-9-10-11-12-13-14-15-16-17-18-19-20-21-22-23-25-34(37)32-33(26-28-35)27-31-38(7-2)30-24-29-36(3,4)5/h11-12,14-15,17-18,20-21,33H,6-10,13,16,19,22-27,29-32H2,1-5H3/q+1/b12-11-,15-14-,18-17-,21-20-. The highest BCUT2D eigenvalue weighted by Gasteiger charge is 2.17. The van der Waals surface area contributed by atoms with Gasteiger partial charge in [-0.15, -0.1) is 7.92 Å². The largest absolute Gasteiger partial charge is 0.331 e. The van der Waals surface area contributed by atoms with Gasteiger partial charge in [-0.1, -0.05) is 75.3 Å².